The number of carbonyl (C=O) groups excluding carboxylic acids is 1. The molecule has 0 aliphatic heterocycles. The van der Waals surface area contributed by atoms with E-state index in [1.165, 1.54) is 11.8 Å². The molecule has 0 unspecified atom stereocenters. The van der Waals surface area contributed by atoms with Crippen LogP contribution in [-0.2, 0) is 4.79 Å². The molecule has 116 valence electrons. The summed E-state index contributed by atoms with van der Waals surface area (Å²) in [6.45, 7) is 1.76. The Balaban J connectivity index is 1.62. The predicted octanol–water partition coefficient (Wildman–Crippen LogP) is 4.37. The average molecular weight is 358 g/mol. The Labute approximate surface area is 141 Å². The molecule has 0 spiro atoms. The summed E-state index contributed by atoms with van der Waals surface area (Å²) in [5, 5.41) is 11.6. The Morgan fingerprint density at radius 2 is 2.18 bits per heavy atom. The highest BCUT2D eigenvalue weighted by Crippen LogP contribution is 2.40. The smallest absolute Gasteiger partial charge is 0.277 e. The molecule has 0 bridgehead atoms. The first-order chi connectivity index (χ1) is 10.5. The molecule has 0 radical (unpaired) electrons. The van der Waals surface area contributed by atoms with Gasteiger partial charge in [0.25, 0.3) is 5.22 Å². The van der Waals surface area contributed by atoms with Gasteiger partial charge >= 0.3 is 0 Å². The minimum Gasteiger partial charge on any atom is -0.416 e. The summed E-state index contributed by atoms with van der Waals surface area (Å²) in [6, 6.07) is 4.91. The maximum Gasteiger partial charge on any atom is 0.277 e. The lowest BCUT2D eigenvalue weighted by Crippen LogP contribution is -2.22. The average Bonchev–Trinajstić information content (AvgIpc) is 3.23. The van der Waals surface area contributed by atoms with Crippen LogP contribution in [0.15, 0.2) is 27.8 Å². The fraction of sp³-hybridized carbons (Fsp3) is 0.357. The first-order valence-corrected chi connectivity index (χ1v) is 8.42. The van der Waals surface area contributed by atoms with E-state index in [9.17, 15) is 4.79 Å². The number of aromatic nitrogens is 2. The van der Waals surface area contributed by atoms with Crippen molar-refractivity contribution in [3.8, 4) is 0 Å². The number of hydrogen-bond donors (Lipinski definition) is 1. The second-order valence-corrected chi connectivity index (χ2v) is 7.19. The molecule has 1 fully saturated rings. The molecule has 1 N–H and O–H groups in total. The van der Waals surface area contributed by atoms with Crippen molar-refractivity contribution in [3.05, 3.63) is 34.1 Å². The van der Waals surface area contributed by atoms with Crippen molar-refractivity contribution >= 4 is 46.6 Å². The van der Waals surface area contributed by atoms with Gasteiger partial charge in [0.05, 0.1) is 16.0 Å². The topological polar surface area (TPSA) is 68.0 Å². The molecular weight excluding hydrogens is 345 g/mol. The number of nitrogens with one attached hydrogen (secondary N) is 1. The maximum atomic E-state index is 12.2. The largest absolute Gasteiger partial charge is 0.416 e. The predicted molar refractivity (Wildman–Crippen MR) is 86.7 cm³/mol. The van der Waals surface area contributed by atoms with Gasteiger partial charge in [-0.15, -0.1) is 10.2 Å². The fourth-order valence-corrected chi connectivity index (χ4v) is 2.82. The number of hydrogen-bond acceptors (Lipinski definition) is 5. The molecule has 1 aromatic carbocycles. The molecule has 1 heterocycles. The van der Waals surface area contributed by atoms with Crippen LogP contribution in [0.2, 0.25) is 10.0 Å². The molecule has 22 heavy (non-hydrogen) atoms. The Kier molecular flexibility index (Phi) is 4.61. The van der Waals surface area contributed by atoms with Gasteiger partial charge in [-0.3, -0.25) is 4.79 Å². The van der Waals surface area contributed by atoms with Gasteiger partial charge < -0.3 is 9.73 Å². The molecule has 1 aliphatic carbocycles. The van der Waals surface area contributed by atoms with Crippen LogP contribution >= 0.6 is 35.0 Å². The summed E-state index contributed by atoms with van der Waals surface area (Å²) in [5.41, 5.74) is 0.482. The first kappa shape index (κ1) is 15.6. The van der Waals surface area contributed by atoms with Crippen molar-refractivity contribution in [1.29, 1.82) is 0 Å². The van der Waals surface area contributed by atoms with Gasteiger partial charge in [0, 0.05) is 10.9 Å². The maximum absolute atomic E-state index is 12.2. The van der Waals surface area contributed by atoms with E-state index in [2.05, 4.69) is 15.5 Å². The first-order valence-electron chi connectivity index (χ1n) is 6.79. The lowest BCUT2D eigenvalue weighted by Gasteiger charge is -2.11. The zero-order valence-corrected chi connectivity index (χ0v) is 14.0. The van der Waals surface area contributed by atoms with Crippen molar-refractivity contribution < 1.29 is 9.21 Å². The molecule has 1 aromatic heterocycles. The Hall–Kier alpha value is -1.24. The highest BCUT2D eigenvalue weighted by Gasteiger charge is 2.30. The summed E-state index contributed by atoms with van der Waals surface area (Å²) in [7, 11) is 0. The Morgan fingerprint density at radius 1 is 1.41 bits per heavy atom. The number of amides is 1. The van der Waals surface area contributed by atoms with Crippen LogP contribution < -0.4 is 5.32 Å². The van der Waals surface area contributed by atoms with Gasteiger partial charge in [-0.05, 0) is 38.0 Å². The van der Waals surface area contributed by atoms with E-state index in [0.29, 0.717) is 32.8 Å². The molecular formula is C14H13Cl2N3O2S. The van der Waals surface area contributed by atoms with E-state index < -0.39 is 5.25 Å². The van der Waals surface area contributed by atoms with Crippen LogP contribution in [0.4, 0.5) is 5.69 Å². The quantitative estimate of drug-likeness (QED) is 0.804. The van der Waals surface area contributed by atoms with Crippen LogP contribution in [0.3, 0.4) is 0 Å². The fourth-order valence-electron chi connectivity index (χ4n) is 1.80. The summed E-state index contributed by atoms with van der Waals surface area (Å²) in [5.74, 6) is 0.851. The second kappa shape index (κ2) is 6.48. The van der Waals surface area contributed by atoms with E-state index in [4.69, 9.17) is 27.6 Å². The van der Waals surface area contributed by atoms with Crippen molar-refractivity contribution in [2.45, 2.75) is 36.2 Å². The molecule has 5 nitrogen and oxygen atoms in total. The molecule has 1 saturated carbocycles. The highest BCUT2D eigenvalue weighted by atomic mass is 35.5. The minimum absolute atomic E-state index is 0.208. The second-order valence-electron chi connectivity index (χ2n) is 5.05. The van der Waals surface area contributed by atoms with Crippen LogP contribution in [-0.4, -0.2) is 21.4 Å². The third-order valence-electron chi connectivity index (χ3n) is 3.18. The minimum atomic E-state index is -0.400. The number of benzene rings is 1. The summed E-state index contributed by atoms with van der Waals surface area (Å²) in [4.78, 5) is 12.2. The van der Waals surface area contributed by atoms with E-state index in [1.807, 2.05) is 0 Å². The number of carbonyl (C=O) groups is 1. The van der Waals surface area contributed by atoms with Crippen molar-refractivity contribution in [3.63, 3.8) is 0 Å². The summed E-state index contributed by atoms with van der Waals surface area (Å²) >= 11 is 13.1. The van der Waals surface area contributed by atoms with Crippen LogP contribution in [0.25, 0.3) is 0 Å². The molecule has 1 atom stereocenters. The number of rotatable bonds is 5. The summed E-state index contributed by atoms with van der Waals surface area (Å²) < 4.78 is 5.54. The Bertz CT molecular complexity index is 703. The van der Waals surface area contributed by atoms with Gasteiger partial charge in [0.1, 0.15) is 0 Å². The lowest BCUT2D eigenvalue weighted by molar-refractivity contribution is -0.115. The molecule has 1 amide bonds. The molecule has 2 aromatic rings. The molecule has 8 heteroatoms. The van der Waals surface area contributed by atoms with Gasteiger partial charge in [-0.25, -0.2) is 0 Å². The van der Waals surface area contributed by atoms with Crippen molar-refractivity contribution in [2.24, 2.45) is 0 Å². The van der Waals surface area contributed by atoms with Gasteiger partial charge in [-0.2, -0.15) is 0 Å². The third kappa shape index (κ3) is 3.74. The van der Waals surface area contributed by atoms with E-state index in [0.717, 1.165) is 12.8 Å². The van der Waals surface area contributed by atoms with Crippen LogP contribution in [0.1, 0.15) is 31.6 Å². The van der Waals surface area contributed by atoms with Crippen LogP contribution in [0.5, 0.6) is 0 Å². The third-order valence-corrected chi connectivity index (χ3v) is 4.68. The van der Waals surface area contributed by atoms with E-state index >= 15 is 0 Å². The SMILES string of the molecule is C[C@H](Sc1nnc(C2CC2)o1)C(=O)Nc1cc(Cl)ccc1Cl. The van der Waals surface area contributed by atoms with Crippen molar-refractivity contribution in [2.75, 3.05) is 5.32 Å². The monoisotopic (exact) mass is 357 g/mol. The molecule has 3 rings (SSSR count). The van der Waals surface area contributed by atoms with Crippen molar-refractivity contribution in [1.82, 2.24) is 10.2 Å². The van der Waals surface area contributed by atoms with Gasteiger partial charge in [0.2, 0.25) is 11.8 Å². The molecule has 1 aliphatic rings. The normalized spacial score (nSPS) is 15.6. The number of anilines is 1. The summed E-state index contributed by atoms with van der Waals surface area (Å²) in [6.07, 6.45) is 2.19. The Morgan fingerprint density at radius 3 is 2.91 bits per heavy atom. The van der Waals surface area contributed by atoms with E-state index in [-0.39, 0.29) is 5.91 Å². The molecule has 0 saturated heterocycles. The highest BCUT2D eigenvalue weighted by molar-refractivity contribution is 8.00. The lowest BCUT2D eigenvalue weighted by atomic mass is 10.3. The zero-order chi connectivity index (χ0) is 15.7. The number of halogens is 2. The van der Waals surface area contributed by atoms with Gasteiger partial charge in [-0.1, -0.05) is 35.0 Å². The van der Waals surface area contributed by atoms with Crippen LogP contribution in [0, 0.1) is 0 Å². The standard InChI is InChI=1S/C14H13Cl2N3O2S/c1-7(22-14-19-18-13(21-14)8-2-3-8)12(20)17-11-6-9(15)4-5-10(11)16/h4-8H,2-3H2,1H3,(H,17,20)/t7-/m0/s1. The number of thioether (sulfide) groups is 1. The number of nitrogens with zero attached hydrogens (tertiary/aromatic N) is 2. The van der Waals surface area contributed by atoms with E-state index in [1.54, 1.807) is 25.1 Å². The van der Waals surface area contributed by atoms with Gasteiger partial charge in [0.15, 0.2) is 0 Å². The zero-order valence-electron chi connectivity index (χ0n) is 11.7.